The fourth-order valence-corrected chi connectivity index (χ4v) is 8.33. The lowest BCUT2D eigenvalue weighted by atomic mass is 10.1. The molecule has 0 spiro atoms. The molecule has 0 saturated heterocycles. The zero-order valence-corrected chi connectivity index (χ0v) is 24.3. The number of aromatic carboxylic acids is 1. The highest BCUT2D eigenvalue weighted by atomic mass is 79.9. The van der Waals surface area contributed by atoms with Crippen molar-refractivity contribution in [1.29, 1.82) is 0 Å². The largest absolute Gasteiger partial charge is 0.478 e. The van der Waals surface area contributed by atoms with E-state index in [1.165, 1.54) is 21.8 Å². The number of halogens is 1. The molecule has 5 rings (SSSR count). The van der Waals surface area contributed by atoms with Crippen molar-refractivity contribution in [2.75, 3.05) is 0 Å². The molecule has 38 heavy (non-hydrogen) atoms. The number of nitrogens with zero attached hydrogens (tertiary/aromatic N) is 2. The Kier molecular flexibility index (Phi) is 6.97. The summed E-state index contributed by atoms with van der Waals surface area (Å²) in [5, 5.41) is 12.4. The van der Waals surface area contributed by atoms with Crippen LogP contribution in [0.4, 0.5) is 5.69 Å². The number of hydrogen-bond acceptors (Lipinski definition) is 3. The summed E-state index contributed by atoms with van der Waals surface area (Å²) in [7, 11) is -2.77. The highest BCUT2D eigenvalue weighted by Gasteiger charge is 2.39. The highest BCUT2D eigenvalue weighted by molar-refractivity contribution is 9.10. The Labute approximate surface area is 231 Å². The van der Waals surface area contributed by atoms with E-state index in [9.17, 15) is 9.90 Å². The molecular weight excluding hydrogens is 559 g/mol. The fourth-order valence-electron chi connectivity index (χ4n) is 4.89. The maximum absolute atomic E-state index is 11.5. The average molecular weight is 589 g/mol. The van der Waals surface area contributed by atoms with Crippen LogP contribution in [0.3, 0.4) is 0 Å². The van der Waals surface area contributed by atoms with Gasteiger partial charge in [0, 0.05) is 43.3 Å². The predicted octanol–water partition coefficient (Wildman–Crippen LogP) is 9.23. The number of carboxylic acids is 1. The Morgan fingerprint density at radius 1 is 0.921 bits per heavy atom. The van der Waals surface area contributed by atoms with Crippen molar-refractivity contribution >= 4 is 62.0 Å². The highest BCUT2D eigenvalue weighted by Crippen LogP contribution is 2.62. The third-order valence-electron chi connectivity index (χ3n) is 6.74. The minimum Gasteiger partial charge on any atom is -0.478 e. The quantitative estimate of drug-likeness (QED) is 0.201. The molecule has 5 aromatic rings. The molecular formula is C31H30BrN2O3P. The molecule has 0 radical (unpaired) electrons. The first-order valence-corrected chi connectivity index (χ1v) is 15.0. The standard InChI is InChI=1S/C31H30BrN2O3P/c1-5-34-28-12-7-6-11-26(28)27-20-25(17-18-29(27)34)38(31(2,3)4,37-24-10-8-9-22(32)19-24)33-23-15-13-21(14-16-23)30(35)36/h6-20H,5H2,1-4H3,(H,35,36)/t38-/m1/s1. The number of para-hydroxylation sites is 1. The Morgan fingerprint density at radius 2 is 1.63 bits per heavy atom. The van der Waals surface area contributed by atoms with E-state index in [-0.39, 0.29) is 10.7 Å². The van der Waals surface area contributed by atoms with Crippen LogP contribution in [0.25, 0.3) is 21.8 Å². The van der Waals surface area contributed by atoms with Gasteiger partial charge in [-0.15, -0.1) is 0 Å². The molecule has 0 aliphatic rings. The second-order valence-corrected chi connectivity index (χ2v) is 14.5. The van der Waals surface area contributed by atoms with Gasteiger partial charge in [0.1, 0.15) is 5.75 Å². The maximum Gasteiger partial charge on any atom is 0.335 e. The maximum atomic E-state index is 11.5. The molecule has 194 valence electrons. The van der Waals surface area contributed by atoms with Crippen LogP contribution in [0.15, 0.2) is 100 Å². The first-order valence-electron chi connectivity index (χ1n) is 12.6. The van der Waals surface area contributed by atoms with E-state index < -0.39 is 13.3 Å². The van der Waals surface area contributed by atoms with Gasteiger partial charge in [0.2, 0.25) is 0 Å². The lowest BCUT2D eigenvalue weighted by Crippen LogP contribution is -2.27. The number of benzene rings is 4. The molecule has 7 heteroatoms. The molecule has 5 nitrogen and oxygen atoms in total. The van der Waals surface area contributed by atoms with Crippen molar-refractivity contribution in [3.05, 3.63) is 101 Å². The molecule has 0 amide bonds. The van der Waals surface area contributed by atoms with Gasteiger partial charge in [0.25, 0.3) is 0 Å². The van der Waals surface area contributed by atoms with E-state index >= 15 is 0 Å². The van der Waals surface area contributed by atoms with Crippen LogP contribution >= 0.6 is 23.2 Å². The number of aromatic nitrogens is 1. The summed E-state index contributed by atoms with van der Waals surface area (Å²) in [5.74, 6) is -0.235. The third-order valence-corrected chi connectivity index (χ3v) is 11.0. The second kappa shape index (κ2) is 10.1. The number of hydrogen-bond donors (Lipinski definition) is 1. The van der Waals surface area contributed by atoms with E-state index in [0.717, 1.165) is 22.1 Å². The van der Waals surface area contributed by atoms with Crippen LogP contribution in [0.2, 0.25) is 0 Å². The van der Waals surface area contributed by atoms with Crippen LogP contribution < -0.4 is 9.83 Å². The summed E-state index contributed by atoms with van der Waals surface area (Å²) >= 11 is 3.58. The number of fused-ring (bicyclic) bond motifs is 3. The van der Waals surface area contributed by atoms with Gasteiger partial charge in [-0.3, -0.25) is 0 Å². The Balaban J connectivity index is 1.83. The van der Waals surface area contributed by atoms with Gasteiger partial charge in [0.15, 0.2) is 7.28 Å². The minimum atomic E-state index is -2.77. The number of aryl methyl sites for hydroxylation is 1. The van der Waals surface area contributed by atoms with Gasteiger partial charge in [-0.05, 0) is 73.7 Å². The zero-order valence-electron chi connectivity index (χ0n) is 21.9. The Bertz CT molecular complexity index is 1720. The topological polar surface area (TPSA) is 63.8 Å². The van der Waals surface area contributed by atoms with Gasteiger partial charge in [-0.2, -0.15) is 0 Å². The van der Waals surface area contributed by atoms with E-state index in [0.29, 0.717) is 5.69 Å². The molecule has 0 aliphatic heterocycles. The van der Waals surface area contributed by atoms with Crippen LogP contribution in [-0.4, -0.2) is 20.8 Å². The molecule has 1 heterocycles. The van der Waals surface area contributed by atoms with Crippen molar-refractivity contribution in [3.8, 4) is 5.75 Å². The molecule has 1 atom stereocenters. The van der Waals surface area contributed by atoms with Crippen LogP contribution in [-0.2, 0) is 6.54 Å². The Hall–Kier alpha value is -3.34. The first-order chi connectivity index (χ1) is 18.1. The molecule has 1 aromatic heterocycles. The van der Waals surface area contributed by atoms with E-state index in [2.05, 4.69) is 90.7 Å². The summed E-state index contributed by atoms with van der Waals surface area (Å²) in [4.78, 5) is 11.5. The number of carboxylic acid groups (broad SMARTS) is 1. The second-order valence-electron chi connectivity index (χ2n) is 10.2. The van der Waals surface area contributed by atoms with Gasteiger partial charge >= 0.3 is 5.97 Å². The van der Waals surface area contributed by atoms with Gasteiger partial charge in [-0.1, -0.05) is 61.0 Å². The summed E-state index contributed by atoms with van der Waals surface area (Å²) in [5.41, 5.74) is 3.29. The number of carbonyl (C=O) groups is 1. The van der Waals surface area contributed by atoms with Crippen molar-refractivity contribution in [1.82, 2.24) is 4.57 Å². The summed E-state index contributed by atoms with van der Waals surface area (Å²) < 4.78 is 15.6. The zero-order chi connectivity index (χ0) is 27.1. The van der Waals surface area contributed by atoms with Crippen molar-refractivity contribution in [2.24, 2.45) is 4.74 Å². The van der Waals surface area contributed by atoms with E-state index in [4.69, 9.17) is 9.27 Å². The van der Waals surface area contributed by atoms with Gasteiger partial charge in [-0.25, -0.2) is 9.54 Å². The lowest BCUT2D eigenvalue weighted by molar-refractivity contribution is 0.0697. The van der Waals surface area contributed by atoms with Gasteiger partial charge < -0.3 is 14.2 Å². The van der Waals surface area contributed by atoms with Crippen LogP contribution in [0.1, 0.15) is 38.1 Å². The SMILES string of the molecule is CCn1c2ccccc2c2cc([P@@](=Nc3ccc(C(=O)O)cc3)(Oc3cccc(Br)c3)C(C)(C)C)ccc21. The van der Waals surface area contributed by atoms with Crippen molar-refractivity contribution in [2.45, 2.75) is 39.4 Å². The smallest absolute Gasteiger partial charge is 0.335 e. The molecule has 0 aliphatic carbocycles. The average Bonchev–Trinajstić information content (AvgIpc) is 3.21. The van der Waals surface area contributed by atoms with E-state index in [1.54, 1.807) is 24.3 Å². The molecule has 1 N–H and O–H groups in total. The molecule has 0 bridgehead atoms. The molecule has 0 unspecified atom stereocenters. The third kappa shape index (κ3) is 4.68. The molecule has 4 aromatic carbocycles. The van der Waals surface area contributed by atoms with Crippen molar-refractivity contribution < 1.29 is 14.4 Å². The molecule has 0 saturated carbocycles. The minimum absolute atomic E-state index is 0.227. The van der Waals surface area contributed by atoms with Crippen LogP contribution in [0, 0.1) is 0 Å². The molecule has 0 fully saturated rings. The summed E-state index contributed by atoms with van der Waals surface area (Å²) in [6.07, 6.45) is 0. The van der Waals surface area contributed by atoms with Crippen LogP contribution in [0.5, 0.6) is 5.75 Å². The van der Waals surface area contributed by atoms with Crippen molar-refractivity contribution in [3.63, 3.8) is 0 Å². The summed E-state index contributed by atoms with van der Waals surface area (Å²) in [6, 6.07) is 29.6. The lowest BCUT2D eigenvalue weighted by Gasteiger charge is -2.37. The normalized spacial score (nSPS) is 13.4. The first kappa shape index (κ1) is 26.3. The predicted molar refractivity (Wildman–Crippen MR) is 162 cm³/mol. The fraction of sp³-hybridized carbons (Fsp3) is 0.194. The monoisotopic (exact) mass is 588 g/mol. The Morgan fingerprint density at radius 3 is 2.29 bits per heavy atom. The number of rotatable bonds is 6. The summed E-state index contributed by atoms with van der Waals surface area (Å²) in [6.45, 7) is 9.52. The van der Waals surface area contributed by atoms with Gasteiger partial charge in [0.05, 0.1) is 11.3 Å². The van der Waals surface area contributed by atoms with E-state index in [1.807, 2.05) is 24.3 Å².